The first-order valence-corrected chi connectivity index (χ1v) is 30.5. The lowest BCUT2D eigenvalue weighted by Crippen LogP contribution is -2.74. The van der Waals surface area contributed by atoms with Gasteiger partial charge in [0.25, 0.3) is 0 Å². The Hall–Kier alpha value is -10.7. The molecule has 0 N–H and O–H groups in total. The van der Waals surface area contributed by atoms with Crippen LogP contribution in [0.15, 0.2) is 297 Å². The van der Waals surface area contributed by atoms with Crippen molar-refractivity contribution in [3.05, 3.63) is 303 Å². The lowest BCUT2D eigenvalue weighted by atomic mass is 9.91. The van der Waals surface area contributed by atoms with E-state index >= 15 is 0 Å². The molecule has 5 heterocycles. The van der Waals surface area contributed by atoms with Crippen molar-refractivity contribution in [1.29, 1.82) is 0 Å². The molecular formula is C75H51N7Si. The lowest BCUT2D eigenvalue weighted by molar-refractivity contribution is 0.745. The maximum atomic E-state index is 5.64. The van der Waals surface area contributed by atoms with Crippen LogP contribution in [0.1, 0.15) is 11.5 Å². The summed E-state index contributed by atoms with van der Waals surface area (Å²) in [4.78, 5) is 19.3. The van der Waals surface area contributed by atoms with E-state index in [0.717, 1.165) is 60.5 Å². The van der Waals surface area contributed by atoms with Crippen LogP contribution in [-0.2, 0) is 0 Å². The van der Waals surface area contributed by atoms with Gasteiger partial charge in [-0.2, -0.15) is 15.0 Å². The highest BCUT2D eigenvalue weighted by Crippen LogP contribution is 2.49. The van der Waals surface area contributed by atoms with E-state index in [2.05, 4.69) is 316 Å². The summed E-state index contributed by atoms with van der Waals surface area (Å²) in [7, 11) is -2.83. The van der Waals surface area contributed by atoms with Gasteiger partial charge in [-0.1, -0.05) is 231 Å². The minimum atomic E-state index is -2.83. The molecule has 11 aromatic carbocycles. The maximum Gasteiger partial charge on any atom is 0.240 e. The largest absolute Gasteiger partial charge is 0.333 e. The Labute approximate surface area is 480 Å². The molecule has 2 atom stereocenters. The van der Waals surface area contributed by atoms with Crippen molar-refractivity contribution >= 4 is 106 Å². The third-order valence-electron chi connectivity index (χ3n) is 17.6. The summed E-state index contributed by atoms with van der Waals surface area (Å²) < 4.78 is 6.87. The predicted molar refractivity (Wildman–Crippen MR) is 345 cm³/mol. The van der Waals surface area contributed by atoms with Gasteiger partial charge in [-0.05, 0) is 93.0 Å². The summed E-state index contributed by atoms with van der Waals surface area (Å²) in [6.07, 6.45) is 9.05. The molecule has 0 amide bonds. The molecule has 17 rings (SSSR count). The van der Waals surface area contributed by atoms with Crippen LogP contribution in [0.3, 0.4) is 0 Å². The minimum Gasteiger partial charge on any atom is -0.333 e. The molecule has 0 radical (unpaired) electrons. The van der Waals surface area contributed by atoms with Crippen LogP contribution in [-0.4, -0.2) is 42.8 Å². The minimum absolute atomic E-state index is 0.174. The Morgan fingerprint density at radius 2 is 0.723 bits per heavy atom. The Bertz CT molecular complexity index is 4970. The fourth-order valence-corrected chi connectivity index (χ4v) is 18.8. The number of para-hydroxylation sites is 5. The highest BCUT2D eigenvalue weighted by molar-refractivity contribution is 7.19. The number of hydrogen-bond acceptors (Lipinski definition) is 4. The van der Waals surface area contributed by atoms with E-state index < -0.39 is 8.07 Å². The lowest BCUT2D eigenvalue weighted by Gasteiger charge is -2.34. The zero-order valence-corrected chi connectivity index (χ0v) is 46.1. The monoisotopic (exact) mass is 1080 g/mol. The van der Waals surface area contributed by atoms with E-state index in [0.29, 0.717) is 17.7 Å². The van der Waals surface area contributed by atoms with Crippen molar-refractivity contribution in [2.24, 2.45) is 0 Å². The van der Waals surface area contributed by atoms with Crippen molar-refractivity contribution in [1.82, 2.24) is 28.7 Å². The highest BCUT2D eigenvalue weighted by atomic mass is 28.3. The molecule has 4 aromatic heterocycles. The molecule has 83 heavy (non-hydrogen) atoms. The van der Waals surface area contributed by atoms with Gasteiger partial charge in [-0.25, -0.2) is 0 Å². The van der Waals surface area contributed by atoms with Gasteiger partial charge in [0.05, 0.1) is 39.1 Å². The highest BCUT2D eigenvalue weighted by Gasteiger charge is 2.42. The summed E-state index contributed by atoms with van der Waals surface area (Å²) >= 11 is 0. The first kappa shape index (κ1) is 47.2. The van der Waals surface area contributed by atoms with Crippen molar-refractivity contribution in [3.63, 3.8) is 0 Å². The third-order valence-corrected chi connectivity index (χ3v) is 22.4. The number of nitrogens with zero attached hydrogens (tertiary/aromatic N) is 7. The average Bonchev–Trinajstić information content (AvgIpc) is 3.85. The van der Waals surface area contributed by atoms with Gasteiger partial charge in [0.15, 0.2) is 13.9 Å². The van der Waals surface area contributed by atoms with Crippen molar-refractivity contribution in [3.8, 4) is 29.0 Å². The normalized spacial score (nSPS) is 14.9. The van der Waals surface area contributed by atoms with Crippen molar-refractivity contribution in [2.45, 2.75) is 12.0 Å². The molecule has 1 aliphatic heterocycles. The second-order valence-corrected chi connectivity index (χ2v) is 25.7. The van der Waals surface area contributed by atoms with Crippen LogP contribution >= 0.6 is 0 Å². The van der Waals surface area contributed by atoms with E-state index in [-0.39, 0.29) is 12.0 Å². The van der Waals surface area contributed by atoms with E-state index in [9.17, 15) is 0 Å². The molecule has 15 aromatic rings. The summed E-state index contributed by atoms with van der Waals surface area (Å²) in [5.41, 5.74) is 12.1. The molecule has 0 bridgehead atoms. The molecule has 390 valence electrons. The van der Waals surface area contributed by atoms with Crippen LogP contribution in [0.2, 0.25) is 0 Å². The van der Waals surface area contributed by atoms with Gasteiger partial charge in [0.1, 0.15) is 0 Å². The van der Waals surface area contributed by atoms with E-state index in [1.165, 1.54) is 53.8 Å². The Morgan fingerprint density at radius 3 is 1.27 bits per heavy atom. The molecule has 7 nitrogen and oxygen atoms in total. The molecule has 2 aliphatic rings. The number of rotatable bonds is 9. The smallest absolute Gasteiger partial charge is 0.240 e. The Kier molecular flexibility index (Phi) is 10.6. The topological polar surface area (TPSA) is 56.7 Å². The molecule has 0 spiro atoms. The second kappa shape index (κ2) is 18.7. The molecule has 0 fully saturated rings. The zero-order chi connectivity index (χ0) is 54.6. The molecule has 0 saturated heterocycles. The number of anilines is 2. The van der Waals surface area contributed by atoms with E-state index in [1.807, 2.05) is 0 Å². The average molecular weight is 1080 g/mol. The molecule has 8 heteroatoms. The fourth-order valence-electron chi connectivity index (χ4n) is 14.0. The van der Waals surface area contributed by atoms with Gasteiger partial charge in [0.2, 0.25) is 11.9 Å². The SMILES string of the molecule is C1=CC2c3ccccc3N(c3ccc4c(c3)c3ccccc3n4-c3nc(-c4ccc([Si](c5ccccc5)(c5ccccc5)c5ccccc5)cc4)nc(-n4c5ccccc5c5cc(-n6c7ccccc7c7ccccc76)ccc54)n3)C2C=C1. The van der Waals surface area contributed by atoms with Gasteiger partial charge >= 0.3 is 0 Å². The fraction of sp³-hybridized carbons (Fsp3) is 0.0267. The zero-order valence-electron chi connectivity index (χ0n) is 45.1. The van der Waals surface area contributed by atoms with Gasteiger partial charge in [-0.15, -0.1) is 0 Å². The van der Waals surface area contributed by atoms with Crippen LogP contribution in [0.4, 0.5) is 11.4 Å². The summed E-state index contributed by atoms with van der Waals surface area (Å²) in [5, 5.41) is 12.1. The van der Waals surface area contributed by atoms with Gasteiger partial charge in [0, 0.05) is 60.9 Å². The van der Waals surface area contributed by atoms with E-state index in [4.69, 9.17) is 15.0 Å². The standard InChI is InChI=1S/C75H51N7Si/c1-4-22-53(23-5-1)83(54-24-6-2-7-25-54,55-26-8-3-9-27-55)56-44-40-50(41-45-56)73-76-74(81-69-38-20-14-32-61(69)63-48-51(42-46-71(63)81)79-65-34-16-10-28-57(65)58-29-11-17-35-66(58)79)78-75(77-73)82-70-39-21-15-33-62(70)64-49-52(43-47-72(64)82)80-67-36-18-12-30-59(67)60-31-13-19-37-68(60)80/h1-49,57,65H. The summed E-state index contributed by atoms with van der Waals surface area (Å²) in [5.74, 6) is 1.93. The first-order valence-electron chi connectivity index (χ1n) is 28.5. The van der Waals surface area contributed by atoms with E-state index in [1.54, 1.807) is 0 Å². The van der Waals surface area contributed by atoms with Crippen molar-refractivity contribution < 1.29 is 0 Å². The predicted octanol–water partition coefficient (Wildman–Crippen LogP) is 14.9. The molecular weight excluding hydrogens is 1030 g/mol. The van der Waals surface area contributed by atoms with Crippen LogP contribution in [0, 0.1) is 0 Å². The van der Waals surface area contributed by atoms with Gasteiger partial charge in [-0.3, -0.25) is 9.13 Å². The van der Waals surface area contributed by atoms with Crippen LogP contribution in [0.5, 0.6) is 0 Å². The summed E-state index contributed by atoms with van der Waals surface area (Å²) in [6.45, 7) is 0. The maximum absolute atomic E-state index is 5.64. The number of aromatic nitrogens is 6. The third kappa shape index (κ3) is 7.13. The first-order chi connectivity index (χ1) is 41.2. The van der Waals surface area contributed by atoms with Crippen LogP contribution in [0.25, 0.3) is 94.4 Å². The summed E-state index contributed by atoms with van der Waals surface area (Å²) in [6, 6.07) is 99.8. The number of allylic oxidation sites excluding steroid dienone is 2. The number of fused-ring (bicyclic) bond motifs is 12. The Morgan fingerprint density at radius 1 is 0.313 bits per heavy atom. The molecule has 1 aliphatic carbocycles. The molecule has 2 unspecified atom stereocenters. The Balaban J connectivity index is 0.891. The number of hydrogen-bond donors (Lipinski definition) is 0. The number of benzene rings is 11. The quantitative estimate of drug-likeness (QED) is 0.107. The van der Waals surface area contributed by atoms with Crippen LogP contribution < -0.4 is 25.6 Å². The second-order valence-electron chi connectivity index (χ2n) is 21.9. The molecule has 0 saturated carbocycles. The van der Waals surface area contributed by atoms with Crippen molar-refractivity contribution in [2.75, 3.05) is 4.90 Å². The van der Waals surface area contributed by atoms with Gasteiger partial charge < -0.3 is 9.47 Å².